The van der Waals surface area contributed by atoms with Gasteiger partial charge in [-0.1, -0.05) is 48.9 Å². The molecule has 1 aliphatic rings. The van der Waals surface area contributed by atoms with Crippen molar-refractivity contribution in [2.45, 2.75) is 18.4 Å². The molecular weight excluding hydrogens is 426 g/mol. The van der Waals surface area contributed by atoms with E-state index in [0.29, 0.717) is 39.4 Å². The van der Waals surface area contributed by atoms with E-state index in [9.17, 15) is 13.2 Å². The summed E-state index contributed by atoms with van der Waals surface area (Å²) in [6, 6.07) is 14.3. The van der Waals surface area contributed by atoms with Crippen molar-refractivity contribution in [3.05, 3.63) is 59.1 Å². The second-order valence-corrected chi connectivity index (χ2v) is 9.34. The van der Waals surface area contributed by atoms with Crippen molar-refractivity contribution in [3.8, 4) is 0 Å². The van der Waals surface area contributed by atoms with Gasteiger partial charge < -0.3 is 10.1 Å². The number of halogens is 1. The van der Waals surface area contributed by atoms with Gasteiger partial charge in [0.2, 0.25) is 15.9 Å². The quantitative estimate of drug-likeness (QED) is 0.667. The molecule has 9 heteroatoms. The lowest BCUT2D eigenvalue weighted by atomic mass is 10.2. The molecule has 1 heterocycles. The fourth-order valence-corrected chi connectivity index (χ4v) is 4.81. The molecule has 162 valence electrons. The number of anilines is 1. The van der Waals surface area contributed by atoms with E-state index in [2.05, 4.69) is 5.32 Å². The number of morpholine rings is 1. The van der Waals surface area contributed by atoms with Gasteiger partial charge in [0.25, 0.3) is 0 Å². The van der Waals surface area contributed by atoms with Crippen molar-refractivity contribution in [1.82, 2.24) is 9.21 Å². The fourth-order valence-electron chi connectivity index (χ4n) is 3.21. The molecule has 0 unspecified atom stereocenters. The summed E-state index contributed by atoms with van der Waals surface area (Å²) >= 11 is 6.22. The molecule has 1 amide bonds. The fraction of sp³-hybridized carbons (Fsp3) is 0.381. The van der Waals surface area contributed by atoms with Gasteiger partial charge in [-0.15, -0.1) is 0 Å². The van der Waals surface area contributed by atoms with Gasteiger partial charge in [0.05, 0.1) is 35.4 Å². The summed E-state index contributed by atoms with van der Waals surface area (Å²) in [6.07, 6.45) is 0. The highest BCUT2D eigenvalue weighted by Crippen LogP contribution is 2.27. The Morgan fingerprint density at radius 2 is 1.87 bits per heavy atom. The number of carbonyl (C=O) groups excluding carboxylic acids is 1. The molecule has 1 saturated heterocycles. The van der Waals surface area contributed by atoms with Crippen LogP contribution in [-0.4, -0.2) is 62.9 Å². The largest absolute Gasteiger partial charge is 0.379 e. The first-order chi connectivity index (χ1) is 14.4. The molecular formula is C21H26ClN3O4S. The number of nitrogens with one attached hydrogen (secondary N) is 1. The first-order valence-electron chi connectivity index (χ1n) is 9.83. The standard InChI is InChI=1S/C21H26ClN3O4S/c1-2-24(15-17-6-4-3-5-7-17)16-21(26)23-20-14-18(8-9-19(20)22)30(27,28)25-10-12-29-13-11-25/h3-9,14H,2,10-13,15-16H2,1H3,(H,23,26). The van der Waals surface area contributed by atoms with E-state index in [0.717, 1.165) is 5.56 Å². The molecule has 30 heavy (non-hydrogen) atoms. The number of likely N-dealkylation sites (N-methyl/N-ethyl adjacent to an activating group) is 1. The molecule has 0 aromatic heterocycles. The zero-order valence-electron chi connectivity index (χ0n) is 16.9. The lowest BCUT2D eigenvalue weighted by molar-refractivity contribution is -0.117. The Labute approximate surface area is 182 Å². The van der Waals surface area contributed by atoms with Crippen LogP contribution in [0.15, 0.2) is 53.4 Å². The number of nitrogens with zero attached hydrogens (tertiary/aromatic N) is 2. The van der Waals surface area contributed by atoms with E-state index in [4.69, 9.17) is 16.3 Å². The number of sulfonamides is 1. The minimum absolute atomic E-state index is 0.0979. The SMILES string of the molecule is CCN(CC(=O)Nc1cc(S(=O)(=O)N2CCOCC2)ccc1Cl)Cc1ccccc1. The van der Waals surface area contributed by atoms with Crippen LogP contribution in [0.3, 0.4) is 0 Å². The van der Waals surface area contributed by atoms with Crippen LogP contribution >= 0.6 is 11.6 Å². The Morgan fingerprint density at radius 1 is 1.17 bits per heavy atom. The molecule has 0 saturated carbocycles. The molecule has 1 N–H and O–H groups in total. The summed E-state index contributed by atoms with van der Waals surface area (Å²) in [5.74, 6) is -0.254. The van der Waals surface area contributed by atoms with Gasteiger partial charge in [0.1, 0.15) is 0 Å². The van der Waals surface area contributed by atoms with E-state index in [1.54, 1.807) is 0 Å². The van der Waals surface area contributed by atoms with Gasteiger partial charge in [-0.25, -0.2) is 8.42 Å². The summed E-state index contributed by atoms with van der Waals surface area (Å²) in [5.41, 5.74) is 1.40. The van der Waals surface area contributed by atoms with Crippen LogP contribution in [0, 0.1) is 0 Å². The van der Waals surface area contributed by atoms with E-state index in [1.165, 1.54) is 22.5 Å². The molecule has 3 rings (SSSR count). The summed E-state index contributed by atoms with van der Waals surface area (Å²) in [4.78, 5) is 14.7. The average Bonchev–Trinajstić information content (AvgIpc) is 2.76. The smallest absolute Gasteiger partial charge is 0.243 e. The van der Waals surface area contributed by atoms with Crippen molar-refractivity contribution >= 4 is 33.2 Å². The van der Waals surface area contributed by atoms with Crippen LogP contribution in [-0.2, 0) is 26.1 Å². The van der Waals surface area contributed by atoms with Crippen LogP contribution in [0.5, 0.6) is 0 Å². The molecule has 2 aromatic carbocycles. The number of hydrogen-bond donors (Lipinski definition) is 1. The Bertz CT molecular complexity index is 963. The minimum Gasteiger partial charge on any atom is -0.379 e. The van der Waals surface area contributed by atoms with Crippen molar-refractivity contribution in [3.63, 3.8) is 0 Å². The summed E-state index contributed by atoms with van der Waals surface area (Å²) in [7, 11) is -3.67. The van der Waals surface area contributed by atoms with E-state index >= 15 is 0 Å². The molecule has 0 radical (unpaired) electrons. The van der Waals surface area contributed by atoms with Crippen LogP contribution in [0.2, 0.25) is 5.02 Å². The number of benzene rings is 2. The normalized spacial score (nSPS) is 15.3. The van der Waals surface area contributed by atoms with Gasteiger partial charge in [-0.05, 0) is 30.3 Å². The van der Waals surface area contributed by atoms with Gasteiger partial charge in [-0.2, -0.15) is 4.31 Å². The van der Waals surface area contributed by atoms with Gasteiger partial charge in [0, 0.05) is 19.6 Å². The molecule has 1 aliphatic heterocycles. The van der Waals surface area contributed by atoms with Crippen molar-refractivity contribution in [2.75, 3.05) is 44.7 Å². The first-order valence-corrected chi connectivity index (χ1v) is 11.7. The predicted octanol–water partition coefficient (Wildman–Crippen LogP) is 2.82. The van der Waals surface area contributed by atoms with Gasteiger partial charge in [0.15, 0.2) is 0 Å². The lowest BCUT2D eigenvalue weighted by Gasteiger charge is -2.26. The summed E-state index contributed by atoms with van der Waals surface area (Å²) in [5, 5.41) is 3.04. The van der Waals surface area contributed by atoms with Gasteiger partial charge >= 0.3 is 0 Å². The maximum absolute atomic E-state index is 12.9. The summed E-state index contributed by atoms with van der Waals surface area (Å²) < 4.78 is 32.3. The molecule has 0 atom stereocenters. The number of rotatable bonds is 8. The molecule has 7 nitrogen and oxygen atoms in total. The van der Waals surface area contributed by atoms with Crippen molar-refractivity contribution in [2.24, 2.45) is 0 Å². The molecule has 2 aromatic rings. The minimum atomic E-state index is -3.67. The Hall–Kier alpha value is -1.97. The second kappa shape index (κ2) is 10.4. The number of hydrogen-bond acceptors (Lipinski definition) is 5. The van der Waals surface area contributed by atoms with E-state index in [-0.39, 0.29) is 28.1 Å². The Balaban J connectivity index is 1.69. The third-order valence-corrected chi connectivity index (χ3v) is 7.11. The van der Waals surface area contributed by atoms with Crippen molar-refractivity contribution < 1.29 is 17.9 Å². The highest BCUT2D eigenvalue weighted by atomic mass is 35.5. The van der Waals surface area contributed by atoms with Crippen LogP contribution in [0.4, 0.5) is 5.69 Å². The number of ether oxygens (including phenoxy) is 1. The topological polar surface area (TPSA) is 79.0 Å². The zero-order valence-corrected chi connectivity index (χ0v) is 18.5. The average molecular weight is 452 g/mol. The Morgan fingerprint density at radius 3 is 2.53 bits per heavy atom. The highest BCUT2D eigenvalue weighted by Gasteiger charge is 2.27. The zero-order chi connectivity index (χ0) is 21.6. The lowest BCUT2D eigenvalue weighted by Crippen LogP contribution is -2.40. The van der Waals surface area contributed by atoms with Crippen LogP contribution < -0.4 is 5.32 Å². The molecule has 0 spiro atoms. The predicted molar refractivity (Wildman–Crippen MR) is 117 cm³/mol. The van der Waals surface area contributed by atoms with E-state index < -0.39 is 10.0 Å². The monoisotopic (exact) mass is 451 g/mol. The molecule has 0 aliphatic carbocycles. The maximum Gasteiger partial charge on any atom is 0.243 e. The summed E-state index contributed by atoms with van der Waals surface area (Å²) in [6.45, 7) is 4.83. The molecule has 1 fully saturated rings. The van der Waals surface area contributed by atoms with Crippen molar-refractivity contribution in [1.29, 1.82) is 0 Å². The number of carbonyl (C=O) groups is 1. The van der Waals surface area contributed by atoms with Crippen LogP contribution in [0.1, 0.15) is 12.5 Å². The van der Waals surface area contributed by atoms with E-state index in [1.807, 2.05) is 42.2 Å². The second-order valence-electron chi connectivity index (χ2n) is 7.00. The molecule has 0 bridgehead atoms. The third kappa shape index (κ3) is 5.80. The van der Waals surface area contributed by atoms with Gasteiger partial charge in [-0.3, -0.25) is 9.69 Å². The van der Waals surface area contributed by atoms with Crippen LogP contribution in [0.25, 0.3) is 0 Å². The number of amides is 1. The highest BCUT2D eigenvalue weighted by molar-refractivity contribution is 7.89. The third-order valence-electron chi connectivity index (χ3n) is 4.88. The maximum atomic E-state index is 12.9. The Kier molecular flexibility index (Phi) is 7.85. The first kappa shape index (κ1) is 22.7.